The summed E-state index contributed by atoms with van der Waals surface area (Å²) in [5.74, 6) is -0.215. The minimum Gasteiger partial charge on any atom is -0.504 e. The zero-order chi connectivity index (χ0) is 19.1. The predicted molar refractivity (Wildman–Crippen MR) is 102 cm³/mol. The molecule has 5 heteroatoms. The summed E-state index contributed by atoms with van der Waals surface area (Å²) >= 11 is 0. The molecule has 0 radical (unpaired) electrons. The van der Waals surface area contributed by atoms with E-state index in [1.54, 1.807) is 30.3 Å². The molecule has 0 saturated heterocycles. The lowest BCUT2D eigenvalue weighted by atomic mass is 10.0. The Bertz CT molecular complexity index is 891. The summed E-state index contributed by atoms with van der Waals surface area (Å²) in [6.45, 7) is 5.61. The van der Waals surface area contributed by atoms with E-state index in [1.807, 2.05) is 25.1 Å². The average molecular weight is 348 g/mol. The third-order valence-corrected chi connectivity index (χ3v) is 3.75. The van der Waals surface area contributed by atoms with Crippen molar-refractivity contribution in [1.29, 1.82) is 5.26 Å². The number of phenols is 1. The third-order valence-electron chi connectivity index (χ3n) is 3.75. The van der Waals surface area contributed by atoms with Crippen LogP contribution >= 0.6 is 0 Å². The number of nitrogens with one attached hydrogen (secondary N) is 1. The van der Waals surface area contributed by atoms with Crippen LogP contribution in [0.5, 0.6) is 11.5 Å². The van der Waals surface area contributed by atoms with E-state index in [9.17, 15) is 15.2 Å². The van der Waals surface area contributed by atoms with Gasteiger partial charge in [0.25, 0.3) is 5.91 Å². The number of nitrogens with zero attached hydrogens (tertiary/aromatic N) is 1. The van der Waals surface area contributed by atoms with Crippen LogP contribution in [-0.2, 0) is 11.2 Å². The second kappa shape index (κ2) is 8.54. The van der Waals surface area contributed by atoms with Gasteiger partial charge in [0.15, 0.2) is 11.5 Å². The van der Waals surface area contributed by atoms with Crippen LogP contribution in [0, 0.1) is 18.3 Å². The van der Waals surface area contributed by atoms with Gasteiger partial charge in [0.05, 0.1) is 7.11 Å². The van der Waals surface area contributed by atoms with Crippen molar-refractivity contribution in [1.82, 2.24) is 0 Å². The number of methoxy groups -OCH3 is 1. The molecule has 0 unspecified atom stereocenters. The molecule has 0 heterocycles. The van der Waals surface area contributed by atoms with E-state index in [1.165, 1.54) is 13.2 Å². The maximum Gasteiger partial charge on any atom is 0.266 e. The van der Waals surface area contributed by atoms with E-state index < -0.39 is 5.91 Å². The highest BCUT2D eigenvalue weighted by molar-refractivity contribution is 6.09. The van der Waals surface area contributed by atoms with Gasteiger partial charge in [-0.2, -0.15) is 5.26 Å². The number of hydrogen-bond donors (Lipinski definition) is 2. The molecule has 26 heavy (non-hydrogen) atoms. The number of aromatic hydroxyl groups is 1. The Morgan fingerprint density at radius 3 is 2.62 bits per heavy atom. The standard InChI is InChI=1S/C21H20N2O3/c1-4-5-16-10-15(12-19(26-3)20(16)24)11-17(13-22)21(25)23-18-8-6-14(2)7-9-18/h4,6-12,24H,1,5H2,2-3H3,(H,23,25)/b17-11-. The van der Waals surface area contributed by atoms with Gasteiger partial charge in [-0.15, -0.1) is 6.58 Å². The second-order valence-electron chi connectivity index (χ2n) is 5.71. The molecule has 2 aromatic carbocycles. The van der Waals surface area contributed by atoms with E-state index in [4.69, 9.17) is 4.74 Å². The second-order valence-corrected chi connectivity index (χ2v) is 5.71. The Hall–Kier alpha value is -3.52. The summed E-state index contributed by atoms with van der Waals surface area (Å²) < 4.78 is 5.16. The number of nitriles is 1. The van der Waals surface area contributed by atoms with Crippen LogP contribution in [0.15, 0.2) is 54.6 Å². The molecule has 0 aliphatic rings. The molecular formula is C21H20N2O3. The molecule has 0 aliphatic heterocycles. The van der Waals surface area contributed by atoms with Crippen molar-refractivity contribution in [3.8, 4) is 17.6 Å². The maximum absolute atomic E-state index is 12.4. The Morgan fingerprint density at radius 1 is 1.35 bits per heavy atom. The Balaban J connectivity index is 2.34. The van der Waals surface area contributed by atoms with Crippen LogP contribution in [0.1, 0.15) is 16.7 Å². The van der Waals surface area contributed by atoms with Crippen molar-refractivity contribution >= 4 is 17.7 Å². The van der Waals surface area contributed by atoms with E-state index in [0.29, 0.717) is 23.2 Å². The van der Waals surface area contributed by atoms with Crippen LogP contribution in [0.2, 0.25) is 0 Å². The quantitative estimate of drug-likeness (QED) is 0.470. The Kier molecular flexibility index (Phi) is 6.18. The van der Waals surface area contributed by atoms with Gasteiger partial charge in [0.2, 0.25) is 0 Å². The van der Waals surface area contributed by atoms with Crippen molar-refractivity contribution in [3.05, 3.63) is 71.3 Å². The van der Waals surface area contributed by atoms with Gasteiger partial charge in [-0.1, -0.05) is 23.8 Å². The zero-order valence-electron chi connectivity index (χ0n) is 14.7. The number of ether oxygens (including phenoxy) is 1. The molecule has 2 rings (SSSR count). The van der Waals surface area contributed by atoms with Gasteiger partial charge in [-0.25, -0.2) is 0 Å². The van der Waals surface area contributed by atoms with Gasteiger partial charge in [-0.3, -0.25) is 4.79 Å². The molecule has 132 valence electrons. The van der Waals surface area contributed by atoms with Crippen molar-refractivity contribution in [2.24, 2.45) is 0 Å². The zero-order valence-corrected chi connectivity index (χ0v) is 14.7. The summed E-state index contributed by atoms with van der Waals surface area (Å²) in [6.07, 6.45) is 3.54. The first-order valence-corrected chi connectivity index (χ1v) is 7.99. The summed E-state index contributed by atoms with van der Waals surface area (Å²) in [5.41, 5.74) is 2.80. The lowest BCUT2D eigenvalue weighted by Crippen LogP contribution is -2.13. The summed E-state index contributed by atoms with van der Waals surface area (Å²) in [5, 5.41) is 22.2. The largest absolute Gasteiger partial charge is 0.504 e. The molecule has 2 N–H and O–H groups in total. The molecule has 0 aliphatic carbocycles. The molecular weight excluding hydrogens is 328 g/mol. The van der Waals surface area contributed by atoms with E-state index >= 15 is 0 Å². The lowest BCUT2D eigenvalue weighted by molar-refractivity contribution is -0.112. The minimum absolute atomic E-state index is 0.0205. The molecule has 2 aromatic rings. The number of carbonyl (C=O) groups is 1. The van der Waals surface area contributed by atoms with Gasteiger partial charge < -0.3 is 15.2 Å². The first kappa shape index (κ1) is 18.8. The first-order chi connectivity index (χ1) is 12.5. The SMILES string of the molecule is C=CCc1cc(/C=C(/C#N)C(=O)Nc2ccc(C)cc2)cc(OC)c1O. The molecule has 0 aromatic heterocycles. The lowest BCUT2D eigenvalue weighted by Gasteiger charge is -2.10. The molecule has 5 nitrogen and oxygen atoms in total. The van der Waals surface area contributed by atoms with Crippen molar-refractivity contribution in [2.45, 2.75) is 13.3 Å². The number of rotatable bonds is 6. The molecule has 1 amide bonds. The van der Waals surface area contributed by atoms with Crippen molar-refractivity contribution in [3.63, 3.8) is 0 Å². The maximum atomic E-state index is 12.4. The number of hydrogen-bond acceptors (Lipinski definition) is 4. The number of aryl methyl sites for hydroxylation is 1. The number of phenolic OH excluding ortho intramolecular Hbond substituents is 1. The Labute approximate surface area is 152 Å². The highest BCUT2D eigenvalue weighted by atomic mass is 16.5. The summed E-state index contributed by atoms with van der Waals surface area (Å²) in [6, 6.07) is 12.5. The van der Waals surface area contributed by atoms with E-state index in [-0.39, 0.29) is 17.1 Å². The highest BCUT2D eigenvalue weighted by Gasteiger charge is 2.13. The van der Waals surface area contributed by atoms with Crippen LogP contribution < -0.4 is 10.1 Å². The predicted octanol–water partition coefficient (Wildman–Crippen LogP) is 3.98. The Morgan fingerprint density at radius 2 is 2.04 bits per heavy atom. The van der Waals surface area contributed by atoms with E-state index in [2.05, 4.69) is 11.9 Å². The highest BCUT2D eigenvalue weighted by Crippen LogP contribution is 2.32. The van der Waals surface area contributed by atoms with Gasteiger partial charge in [0.1, 0.15) is 11.6 Å². The minimum atomic E-state index is -0.506. The normalized spacial score (nSPS) is 10.7. The van der Waals surface area contributed by atoms with Crippen LogP contribution in [0.4, 0.5) is 5.69 Å². The average Bonchev–Trinajstić information content (AvgIpc) is 2.64. The number of benzene rings is 2. The fourth-order valence-electron chi connectivity index (χ4n) is 2.39. The van der Waals surface area contributed by atoms with Crippen molar-refractivity contribution < 1.29 is 14.6 Å². The van der Waals surface area contributed by atoms with Gasteiger partial charge in [-0.05, 0) is 49.2 Å². The number of allylic oxidation sites excluding steroid dienone is 1. The van der Waals surface area contributed by atoms with Crippen LogP contribution in [-0.4, -0.2) is 18.1 Å². The number of amides is 1. The van der Waals surface area contributed by atoms with Gasteiger partial charge >= 0.3 is 0 Å². The third kappa shape index (κ3) is 4.52. The van der Waals surface area contributed by atoms with Gasteiger partial charge in [0, 0.05) is 11.3 Å². The number of anilines is 1. The smallest absolute Gasteiger partial charge is 0.266 e. The first-order valence-electron chi connectivity index (χ1n) is 7.99. The molecule has 0 fully saturated rings. The topological polar surface area (TPSA) is 82.4 Å². The molecule has 0 spiro atoms. The van der Waals surface area contributed by atoms with Crippen molar-refractivity contribution in [2.75, 3.05) is 12.4 Å². The molecule has 0 atom stereocenters. The fraction of sp³-hybridized carbons (Fsp3) is 0.143. The number of carbonyl (C=O) groups excluding carboxylic acids is 1. The molecule has 0 saturated carbocycles. The summed E-state index contributed by atoms with van der Waals surface area (Å²) in [4.78, 5) is 12.4. The van der Waals surface area contributed by atoms with Crippen LogP contribution in [0.3, 0.4) is 0 Å². The summed E-state index contributed by atoms with van der Waals surface area (Å²) in [7, 11) is 1.44. The fourth-order valence-corrected chi connectivity index (χ4v) is 2.39. The van der Waals surface area contributed by atoms with E-state index in [0.717, 1.165) is 5.56 Å². The van der Waals surface area contributed by atoms with Crippen LogP contribution in [0.25, 0.3) is 6.08 Å². The molecule has 0 bridgehead atoms. The monoisotopic (exact) mass is 348 g/mol.